The maximum atomic E-state index is 13.3. The van der Waals surface area contributed by atoms with Crippen molar-refractivity contribution in [2.45, 2.75) is 13.0 Å². The number of hydrogen-bond donors (Lipinski definition) is 1. The average Bonchev–Trinajstić information content (AvgIpc) is 2.67. The lowest BCUT2D eigenvalue weighted by Crippen LogP contribution is -2.54. The molecule has 0 bridgehead atoms. The van der Waals surface area contributed by atoms with Crippen LogP contribution >= 0.6 is 0 Å². The Hall–Kier alpha value is -3.22. The number of carboxylic acid groups (broad SMARTS) is 1. The van der Waals surface area contributed by atoms with Crippen molar-refractivity contribution in [1.82, 2.24) is 15.1 Å². The highest BCUT2D eigenvalue weighted by Gasteiger charge is 2.29. The topological polar surface area (TPSA) is 69.6 Å². The number of carbonyl (C=O) groups is 1. The maximum Gasteiger partial charge on any atom is 0.407 e. The Morgan fingerprint density at radius 1 is 1.07 bits per heavy atom. The van der Waals surface area contributed by atoms with Crippen LogP contribution in [0, 0.1) is 5.82 Å². The van der Waals surface area contributed by atoms with Gasteiger partial charge in [-0.2, -0.15) is 0 Å². The number of benzene rings is 2. The van der Waals surface area contributed by atoms with Gasteiger partial charge in [0, 0.05) is 42.0 Å². The third kappa shape index (κ3) is 3.16. The van der Waals surface area contributed by atoms with E-state index in [2.05, 4.69) is 15.1 Å². The SMILES string of the molecule is CC1CN(c2nnc(-c3ccc(F)cc3)c3ccccc23)CCN1C(=O)O. The molecule has 1 N–H and O–H groups in total. The van der Waals surface area contributed by atoms with Crippen LogP contribution < -0.4 is 4.90 Å². The highest BCUT2D eigenvalue weighted by Crippen LogP contribution is 2.32. The predicted octanol–water partition coefficient (Wildman–Crippen LogP) is 3.62. The van der Waals surface area contributed by atoms with Crippen LogP contribution in [0.2, 0.25) is 0 Å². The molecule has 2 aromatic carbocycles. The molecule has 1 atom stereocenters. The summed E-state index contributed by atoms with van der Waals surface area (Å²) >= 11 is 0. The van der Waals surface area contributed by atoms with E-state index in [1.165, 1.54) is 17.0 Å². The van der Waals surface area contributed by atoms with Crippen LogP contribution in [0.5, 0.6) is 0 Å². The molecule has 1 aliphatic heterocycles. The molecule has 0 aliphatic carbocycles. The van der Waals surface area contributed by atoms with Crippen molar-refractivity contribution in [3.8, 4) is 11.3 Å². The molecule has 6 nitrogen and oxygen atoms in total. The Labute approximate surface area is 155 Å². The molecule has 27 heavy (non-hydrogen) atoms. The summed E-state index contributed by atoms with van der Waals surface area (Å²) < 4.78 is 13.3. The Balaban J connectivity index is 1.75. The van der Waals surface area contributed by atoms with E-state index in [0.717, 1.165) is 22.2 Å². The summed E-state index contributed by atoms with van der Waals surface area (Å²) in [5.41, 5.74) is 1.50. The molecular formula is C20H19FN4O2. The standard InChI is InChI=1S/C20H19FN4O2/c1-13-12-24(10-11-25(13)20(26)27)19-17-5-3-2-4-16(17)18(22-23-19)14-6-8-15(21)9-7-14/h2-9,13H,10-12H2,1H3,(H,26,27). The fraction of sp³-hybridized carbons (Fsp3) is 0.250. The van der Waals surface area contributed by atoms with Gasteiger partial charge < -0.3 is 14.9 Å². The molecule has 1 aliphatic rings. The largest absolute Gasteiger partial charge is 0.465 e. The van der Waals surface area contributed by atoms with Crippen LogP contribution in [-0.2, 0) is 0 Å². The van der Waals surface area contributed by atoms with Gasteiger partial charge in [0.2, 0.25) is 0 Å². The summed E-state index contributed by atoms with van der Waals surface area (Å²) in [6.45, 7) is 3.43. The number of hydrogen-bond acceptors (Lipinski definition) is 4. The third-order valence-electron chi connectivity index (χ3n) is 4.96. The summed E-state index contributed by atoms with van der Waals surface area (Å²) in [6, 6.07) is 13.9. The van der Waals surface area contributed by atoms with Crippen LogP contribution in [0.1, 0.15) is 6.92 Å². The first-order valence-electron chi connectivity index (χ1n) is 8.80. The van der Waals surface area contributed by atoms with Gasteiger partial charge in [0.25, 0.3) is 0 Å². The lowest BCUT2D eigenvalue weighted by molar-refractivity contribution is 0.122. The van der Waals surface area contributed by atoms with Crippen molar-refractivity contribution < 1.29 is 14.3 Å². The Kier molecular flexibility index (Phi) is 4.35. The van der Waals surface area contributed by atoms with E-state index in [9.17, 15) is 14.3 Å². The lowest BCUT2D eigenvalue weighted by atomic mass is 10.0. The van der Waals surface area contributed by atoms with Gasteiger partial charge in [-0.1, -0.05) is 24.3 Å². The van der Waals surface area contributed by atoms with E-state index in [4.69, 9.17) is 0 Å². The molecule has 1 saturated heterocycles. The van der Waals surface area contributed by atoms with Crippen molar-refractivity contribution in [3.63, 3.8) is 0 Å². The molecule has 0 radical (unpaired) electrons. The zero-order valence-electron chi connectivity index (χ0n) is 14.8. The lowest BCUT2D eigenvalue weighted by Gasteiger charge is -2.39. The third-order valence-corrected chi connectivity index (χ3v) is 4.96. The molecule has 7 heteroatoms. The fourth-order valence-corrected chi connectivity index (χ4v) is 3.58. The number of halogens is 1. The van der Waals surface area contributed by atoms with Crippen LogP contribution in [-0.4, -0.2) is 52.0 Å². The number of aromatic nitrogens is 2. The van der Waals surface area contributed by atoms with Gasteiger partial charge >= 0.3 is 6.09 Å². The number of rotatable bonds is 2. The summed E-state index contributed by atoms with van der Waals surface area (Å²) in [6.07, 6.45) is -0.898. The van der Waals surface area contributed by atoms with Gasteiger partial charge in [-0.25, -0.2) is 9.18 Å². The van der Waals surface area contributed by atoms with E-state index >= 15 is 0 Å². The molecular weight excluding hydrogens is 347 g/mol. The smallest absolute Gasteiger partial charge is 0.407 e. The number of piperazine rings is 1. The second kappa shape index (κ2) is 6.83. The molecule has 0 saturated carbocycles. The van der Waals surface area contributed by atoms with E-state index in [1.54, 1.807) is 12.1 Å². The Bertz CT molecular complexity index is 993. The van der Waals surface area contributed by atoms with Crippen LogP contribution in [0.4, 0.5) is 15.0 Å². The van der Waals surface area contributed by atoms with Gasteiger partial charge in [-0.3, -0.25) is 0 Å². The minimum Gasteiger partial charge on any atom is -0.465 e. The monoisotopic (exact) mass is 366 g/mol. The maximum absolute atomic E-state index is 13.3. The van der Waals surface area contributed by atoms with Crippen molar-refractivity contribution >= 4 is 22.7 Å². The van der Waals surface area contributed by atoms with Gasteiger partial charge in [-0.05, 0) is 31.2 Å². The highest BCUT2D eigenvalue weighted by atomic mass is 19.1. The first kappa shape index (κ1) is 17.2. The normalized spacial score (nSPS) is 17.3. The quantitative estimate of drug-likeness (QED) is 0.750. The van der Waals surface area contributed by atoms with E-state index in [-0.39, 0.29) is 11.9 Å². The van der Waals surface area contributed by atoms with E-state index in [1.807, 2.05) is 31.2 Å². The van der Waals surface area contributed by atoms with Crippen LogP contribution in [0.25, 0.3) is 22.0 Å². The second-order valence-electron chi connectivity index (χ2n) is 6.70. The molecule has 3 aromatic rings. The minimum atomic E-state index is -0.898. The van der Waals surface area contributed by atoms with Crippen molar-refractivity contribution in [2.75, 3.05) is 24.5 Å². The number of amides is 1. The van der Waals surface area contributed by atoms with E-state index < -0.39 is 6.09 Å². The highest BCUT2D eigenvalue weighted by molar-refractivity contribution is 6.00. The summed E-state index contributed by atoms with van der Waals surface area (Å²) in [4.78, 5) is 14.8. The Morgan fingerprint density at radius 2 is 1.78 bits per heavy atom. The zero-order valence-corrected chi connectivity index (χ0v) is 14.8. The molecule has 1 fully saturated rings. The number of anilines is 1. The van der Waals surface area contributed by atoms with Crippen molar-refractivity contribution in [3.05, 3.63) is 54.3 Å². The fourth-order valence-electron chi connectivity index (χ4n) is 3.58. The van der Waals surface area contributed by atoms with Gasteiger partial charge in [0.15, 0.2) is 5.82 Å². The summed E-state index contributed by atoms with van der Waals surface area (Å²) in [5, 5.41) is 20.0. The minimum absolute atomic E-state index is 0.131. The molecule has 4 rings (SSSR count). The molecule has 1 amide bonds. The van der Waals surface area contributed by atoms with Gasteiger partial charge in [0.05, 0.1) is 0 Å². The molecule has 1 unspecified atom stereocenters. The second-order valence-corrected chi connectivity index (χ2v) is 6.70. The van der Waals surface area contributed by atoms with Gasteiger partial charge in [0.1, 0.15) is 11.5 Å². The van der Waals surface area contributed by atoms with Crippen LogP contribution in [0.3, 0.4) is 0 Å². The van der Waals surface area contributed by atoms with Crippen molar-refractivity contribution in [2.24, 2.45) is 0 Å². The average molecular weight is 366 g/mol. The van der Waals surface area contributed by atoms with Crippen LogP contribution in [0.15, 0.2) is 48.5 Å². The van der Waals surface area contributed by atoms with E-state index in [0.29, 0.717) is 25.3 Å². The molecule has 0 spiro atoms. The first-order chi connectivity index (χ1) is 13.0. The molecule has 1 aromatic heterocycles. The Morgan fingerprint density at radius 3 is 2.44 bits per heavy atom. The first-order valence-corrected chi connectivity index (χ1v) is 8.80. The molecule has 2 heterocycles. The van der Waals surface area contributed by atoms with Crippen molar-refractivity contribution in [1.29, 1.82) is 0 Å². The predicted molar refractivity (Wildman–Crippen MR) is 101 cm³/mol. The zero-order chi connectivity index (χ0) is 19.0. The number of nitrogens with zero attached hydrogens (tertiary/aromatic N) is 4. The number of fused-ring (bicyclic) bond motifs is 1. The summed E-state index contributed by atoms with van der Waals surface area (Å²) in [5.74, 6) is 0.450. The summed E-state index contributed by atoms with van der Waals surface area (Å²) in [7, 11) is 0. The van der Waals surface area contributed by atoms with Gasteiger partial charge in [-0.15, -0.1) is 10.2 Å². The molecule has 138 valence electrons.